The Morgan fingerprint density at radius 3 is 2.83 bits per heavy atom. The van der Waals surface area contributed by atoms with Crippen LogP contribution in [0.5, 0.6) is 5.75 Å². The SMILES string of the molecule is COCCSCc1ccc(OC)c(/C(N)=N/O)c1. The lowest BCUT2D eigenvalue weighted by molar-refractivity contribution is 0.218. The molecule has 0 heterocycles. The lowest BCUT2D eigenvalue weighted by Gasteiger charge is -2.09. The lowest BCUT2D eigenvalue weighted by Crippen LogP contribution is -2.14. The zero-order chi connectivity index (χ0) is 13.4. The first-order chi connectivity index (χ1) is 8.72. The van der Waals surface area contributed by atoms with Gasteiger partial charge in [-0.2, -0.15) is 11.8 Å². The zero-order valence-electron chi connectivity index (χ0n) is 10.5. The van der Waals surface area contributed by atoms with Crippen molar-refractivity contribution in [3.05, 3.63) is 29.3 Å². The molecule has 1 rings (SSSR count). The second-order valence-electron chi connectivity index (χ2n) is 3.57. The van der Waals surface area contributed by atoms with Crippen LogP contribution >= 0.6 is 11.8 Å². The van der Waals surface area contributed by atoms with Gasteiger partial charge in [0.1, 0.15) is 5.75 Å². The van der Waals surface area contributed by atoms with Crippen molar-refractivity contribution >= 4 is 17.6 Å². The Bertz CT molecular complexity index is 410. The lowest BCUT2D eigenvalue weighted by atomic mass is 10.1. The minimum atomic E-state index is 0.0515. The van der Waals surface area contributed by atoms with Gasteiger partial charge < -0.3 is 20.4 Å². The number of methoxy groups -OCH3 is 2. The molecule has 0 unspecified atom stereocenters. The molecule has 0 aliphatic rings. The minimum Gasteiger partial charge on any atom is -0.496 e. The average Bonchev–Trinajstić information content (AvgIpc) is 2.42. The quantitative estimate of drug-likeness (QED) is 0.259. The summed E-state index contributed by atoms with van der Waals surface area (Å²) in [6.07, 6.45) is 0. The summed E-state index contributed by atoms with van der Waals surface area (Å²) in [5, 5.41) is 11.7. The summed E-state index contributed by atoms with van der Waals surface area (Å²) in [6.45, 7) is 0.730. The van der Waals surface area contributed by atoms with Crippen molar-refractivity contribution in [2.75, 3.05) is 26.6 Å². The molecule has 6 heteroatoms. The summed E-state index contributed by atoms with van der Waals surface area (Å²) >= 11 is 1.76. The Morgan fingerprint density at radius 1 is 1.44 bits per heavy atom. The number of nitrogens with two attached hydrogens (primary N) is 1. The largest absolute Gasteiger partial charge is 0.496 e. The second-order valence-corrected chi connectivity index (χ2v) is 4.67. The topological polar surface area (TPSA) is 77.1 Å². The van der Waals surface area contributed by atoms with Gasteiger partial charge >= 0.3 is 0 Å². The van der Waals surface area contributed by atoms with Crippen molar-refractivity contribution in [1.82, 2.24) is 0 Å². The molecular formula is C12H18N2O3S. The van der Waals surface area contributed by atoms with Crippen molar-refractivity contribution in [2.24, 2.45) is 10.9 Å². The van der Waals surface area contributed by atoms with E-state index in [-0.39, 0.29) is 5.84 Å². The molecule has 0 atom stereocenters. The highest BCUT2D eigenvalue weighted by Crippen LogP contribution is 2.22. The van der Waals surface area contributed by atoms with Crippen LogP contribution in [0.25, 0.3) is 0 Å². The second kappa shape index (κ2) is 7.84. The predicted molar refractivity (Wildman–Crippen MR) is 73.5 cm³/mol. The molecule has 0 saturated carbocycles. The Kier molecular flexibility index (Phi) is 6.38. The molecule has 18 heavy (non-hydrogen) atoms. The average molecular weight is 270 g/mol. The van der Waals surface area contributed by atoms with Crippen molar-refractivity contribution in [3.63, 3.8) is 0 Å². The van der Waals surface area contributed by atoms with E-state index in [1.165, 1.54) is 0 Å². The highest BCUT2D eigenvalue weighted by Gasteiger charge is 2.08. The standard InChI is InChI=1S/C12H18N2O3S/c1-16-5-6-18-8-9-3-4-11(17-2)10(7-9)12(13)14-15/h3-4,7,15H,5-6,8H2,1-2H3,(H2,13,14). The molecule has 0 aliphatic carbocycles. The van der Waals surface area contributed by atoms with Crippen LogP contribution < -0.4 is 10.5 Å². The van der Waals surface area contributed by atoms with Crippen LogP contribution in [-0.2, 0) is 10.5 Å². The fraction of sp³-hybridized carbons (Fsp3) is 0.417. The van der Waals surface area contributed by atoms with Gasteiger partial charge in [0.05, 0.1) is 19.3 Å². The molecule has 0 spiro atoms. The molecule has 0 aliphatic heterocycles. The molecular weight excluding hydrogens is 252 g/mol. The summed E-state index contributed by atoms with van der Waals surface area (Å²) in [5.41, 5.74) is 7.31. The van der Waals surface area contributed by atoms with Gasteiger partial charge in [-0.25, -0.2) is 0 Å². The van der Waals surface area contributed by atoms with Gasteiger partial charge in [0.2, 0.25) is 0 Å². The molecule has 0 aromatic heterocycles. The molecule has 1 aromatic rings. The summed E-state index contributed by atoms with van der Waals surface area (Å²) in [4.78, 5) is 0. The van der Waals surface area contributed by atoms with Crippen LogP contribution in [0.15, 0.2) is 23.4 Å². The first kappa shape index (κ1) is 14.7. The Labute approximate surface area is 111 Å². The first-order valence-electron chi connectivity index (χ1n) is 5.44. The molecule has 1 aromatic carbocycles. The molecule has 0 amide bonds. The van der Waals surface area contributed by atoms with Crippen molar-refractivity contribution < 1.29 is 14.7 Å². The van der Waals surface area contributed by atoms with Gasteiger partial charge in [0.25, 0.3) is 0 Å². The maximum Gasteiger partial charge on any atom is 0.173 e. The van der Waals surface area contributed by atoms with Crippen molar-refractivity contribution in [2.45, 2.75) is 5.75 Å². The van der Waals surface area contributed by atoms with Gasteiger partial charge in [-0.3, -0.25) is 0 Å². The number of hydrogen-bond donors (Lipinski definition) is 2. The van der Waals surface area contributed by atoms with E-state index < -0.39 is 0 Å². The van der Waals surface area contributed by atoms with Gasteiger partial charge in [0, 0.05) is 18.6 Å². The van der Waals surface area contributed by atoms with Gasteiger partial charge in [-0.15, -0.1) is 0 Å². The molecule has 5 nitrogen and oxygen atoms in total. The monoisotopic (exact) mass is 270 g/mol. The van der Waals surface area contributed by atoms with Crippen LogP contribution in [-0.4, -0.2) is 37.6 Å². The highest BCUT2D eigenvalue weighted by atomic mass is 32.2. The predicted octanol–water partition coefficient (Wildman–Crippen LogP) is 1.67. The molecule has 0 saturated heterocycles. The number of hydrogen-bond acceptors (Lipinski definition) is 5. The number of nitrogens with zero attached hydrogens (tertiary/aromatic N) is 1. The van der Waals surface area contributed by atoms with Gasteiger partial charge in [-0.05, 0) is 17.7 Å². The van der Waals surface area contributed by atoms with Crippen LogP contribution in [0.1, 0.15) is 11.1 Å². The van der Waals surface area contributed by atoms with E-state index in [9.17, 15) is 0 Å². The number of ether oxygens (including phenoxy) is 2. The summed E-state index contributed by atoms with van der Waals surface area (Å²) in [6, 6.07) is 5.65. The zero-order valence-corrected chi connectivity index (χ0v) is 11.4. The smallest absolute Gasteiger partial charge is 0.173 e. The van der Waals surface area contributed by atoms with Crippen LogP contribution in [0.4, 0.5) is 0 Å². The Balaban J connectivity index is 2.76. The molecule has 3 N–H and O–H groups in total. The molecule has 100 valence electrons. The maximum absolute atomic E-state index is 8.73. The number of rotatable bonds is 7. The van der Waals surface area contributed by atoms with E-state index in [1.54, 1.807) is 26.0 Å². The molecule has 0 fully saturated rings. The third kappa shape index (κ3) is 4.12. The van der Waals surface area contributed by atoms with E-state index in [1.807, 2.05) is 18.2 Å². The van der Waals surface area contributed by atoms with E-state index in [4.69, 9.17) is 20.4 Å². The van der Waals surface area contributed by atoms with Crippen LogP contribution in [0, 0.1) is 0 Å². The van der Waals surface area contributed by atoms with Crippen molar-refractivity contribution in [1.29, 1.82) is 0 Å². The third-order valence-electron chi connectivity index (χ3n) is 2.35. The van der Waals surface area contributed by atoms with Crippen molar-refractivity contribution in [3.8, 4) is 5.75 Å². The first-order valence-corrected chi connectivity index (χ1v) is 6.60. The number of thioether (sulfide) groups is 1. The van der Waals surface area contributed by atoms with E-state index in [0.717, 1.165) is 23.7 Å². The summed E-state index contributed by atoms with van der Waals surface area (Å²) < 4.78 is 10.2. The van der Waals surface area contributed by atoms with Gasteiger partial charge in [0.15, 0.2) is 5.84 Å². The third-order valence-corrected chi connectivity index (χ3v) is 3.34. The number of amidine groups is 1. The summed E-state index contributed by atoms with van der Waals surface area (Å²) in [7, 11) is 3.24. The van der Waals surface area contributed by atoms with E-state index in [0.29, 0.717) is 11.3 Å². The maximum atomic E-state index is 8.73. The van der Waals surface area contributed by atoms with Gasteiger partial charge in [-0.1, -0.05) is 11.2 Å². The molecule has 0 bridgehead atoms. The van der Waals surface area contributed by atoms with Crippen LogP contribution in [0.2, 0.25) is 0 Å². The molecule has 0 radical (unpaired) electrons. The number of oxime groups is 1. The number of benzene rings is 1. The van der Waals surface area contributed by atoms with Crippen LogP contribution in [0.3, 0.4) is 0 Å². The fourth-order valence-electron chi connectivity index (χ4n) is 1.43. The van der Waals surface area contributed by atoms with E-state index >= 15 is 0 Å². The summed E-state index contributed by atoms with van der Waals surface area (Å²) in [5.74, 6) is 2.42. The van der Waals surface area contributed by atoms with E-state index in [2.05, 4.69) is 5.16 Å². The Morgan fingerprint density at radius 2 is 2.22 bits per heavy atom. The normalized spacial score (nSPS) is 11.6. The fourth-order valence-corrected chi connectivity index (χ4v) is 2.28. The minimum absolute atomic E-state index is 0.0515. The Hall–Kier alpha value is -1.40. The highest BCUT2D eigenvalue weighted by molar-refractivity contribution is 7.98.